The van der Waals surface area contributed by atoms with Gasteiger partial charge >= 0.3 is 0 Å². The second-order valence-corrected chi connectivity index (χ2v) is 8.19. The summed E-state index contributed by atoms with van der Waals surface area (Å²) in [6.45, 7) is 6.08. The van der Waals surface area contributed by atoms with Crippen LogP contribution in [-0.2, 0) is 16.0 Å². The van der Waals surface area contributed by atoms with Crippen molar-refractivity contribution >= 4 is 17.5 Å². The second-order valence-electron chi connectivity index (χ2n) is 8.19. The zero-order valence-corrected chi connectivity index (χ0v) is 15.5. The van der Waals surface area contributed by atoms with Gasteiger partial charge in [-0.3, -0.25) is 9.59 Å². The van der Waals surface area contributed by atoms with Crippen molar-refractivity contribution in [2.75, 3.05) is 5.32 Å². The van der Waals surface area contributed by atoms with Gasteiger partial charge in [-0.25, -0.2) is 0 Å². The third kappa shape index (κ3) is 6.86. The molecular weight excluding hydrogens is 316 g/mol. The van der Waals surface area contributed by atoms with Crippen molar-refractivity contribution in [3.63, 3.8) is 0 Å². The number of benzene rings is 1. The highest BCUT2D eigenvalue weighted by atomic mass is 16.3. The molecule has 5 heteroatoms. The molecule has 1 aromatic rings. The Balaban J connectivity index is 1.83. The molecule has 2 atom stereocenters. The molecule has 2 amide bonds. The Bertz CT molecular complexity index is 590. The largest absolute Gasteiger partial charge is 0.391 e. The molecule has 1 aromatic carbocycles. The molecule has 5 nitrogen and oxygen atoms in total. The molecule has 0 radical (unpaired) electrons. The van der Waals surface area contributed by atoms with E-state index in [1.54, 1.807) is 0 Å². The third-order valence-electron chi connectivity index (χ3n) is 4.37. The lowest BCUT2D eigenvalue weighted by atomic mass is 9.92. The van der Waals surface area contributed by atoms with Gasteiger partial charge in [0.2, 0.25) is 11.8 Å². The molecule has 0 heterocycles. The predicted molar refractivity (Wildman–Crippen MR) is 99.3 cm³/mol. The van der Waals surface area contributed by atoms with Gasteiger partial charge in [0.05, 0.1) is 18.6 Å². The van der Waals surface area contributed by atoms with Crippen LogP contribution in [0.1, 0.15) is 58.4 Å². The van der Waals surface area contributed by atoms with Crippen LogP contribution in [0.3, 0.4) is 0 Å². The maximum atomic E-state index is 12.2. The first kappa shape index (κ1) is 19.4. The standard InChI is InChI=1S/C20H30N2O3/c1-20(2,3)13-19(25)21-15-10-8-14(9-11-15)12-18(24)22-16-6-4-5-7-17(16)23/h8-11,16-17,23H,4-7,12-13H2,1-3H3,(H,21,25)(H,22,24). The summed E-state index contributed by atoms with van der Waals surface area (Å²) in [4.78, 5) is 24.1. The summed E-state index contributed by atoms with van der Waals surface area (Å²) in [5.41, 5.74) is 1.57. The summed E-state index contributed by atoms with van der Waals surface area (Å²) in [6.07, 6.45) is 3.97. The molecule has 1 aliphatic rings. The SMILES string of the molecule is CC(C)(C)CC(=O)Nc1ccc(CC(=O)NC2CCCCC2O)cc1. The van der Waals surface area contributed by atoms with Gasteiger partial charge in [-0.1, -0.05) is 45.7 Å². The maximum absolute atomic E-state index is 12.2. The highest BCUT2D eigenvalue weighted by molar-refractivity contribution is 5.91. The number of anilines is 1. The van der Waals surface area contributed by atoms with E-state index in [4.69, 9.17) is 0 Å². The van der Waals surface area contributed by atoms with Gasteiger partial charge in [-0.15, -0.1) is 0 Å². The van der Waals surface area contributed by atoms with E-state index in [1.165, 1.54) is 0 Å². The first-order valence-corrected chi connectivity index (χ1v) is 9.09. The van der Waals surface area contributed by atoms with Crippen molar-refractivity contribution < 1.29 is 14.7 Å². The van der Waals surface area contributed by atoms with Gasteiger partial charge in [0.25, 0.3) is 0 Å². The van der Waals surface area contributed by atoms with Crippen molar-refractivity contribution in [3.05, 3.63) is 29.8 Å². The lowest BCUT2D eigenvalue weighted by Gasteiger charge is -2.28. The molecule has 2 unspecified atom stereocenters. The summed E-state index contributed by atoms with van der Waals surface area (Å²) in [6, 6.07) is 7.21. The molecule has 1 aliphatic carbocycles. The minimum absolute atomic E-state index is 0.00993. The number of hydrogen-bond donors (Lipinski definition) is 3. The monoisotopic (exact) mass is 346 g/mol. The molecule has 2 rings (SSSR count). The Labute approximate surface area is 150 Å². The molecule has 1 fully saturated rings. The lowest BCUT2D eigenvalue weighted by Crippen LogP contribution is -2.45. The van der Waals surface area contributed by atoms with Gasteiger partial charge in [0, 0.05) is 12.1 Å². The van der Waals surface area contributed by atoms with Crippen molar-refractivity contribution in [1.29, 1.82) is 0 Å². The number of hydrogen-bond acceptors (Lipinski definition) is 3. The molecule has 0 spiro atoms. The minimum atomic E-state index is -0.432. The fraction of sp³-hybridized carbons (Fsp3) is 0.600. The van der Waals surface area contributed by atoms with E-state index in [1.807, 2.05) is 45.0 Å². The summed E-state index contributed by atoms with van der Waals surface area (Å²) >= 11 is 0. The molecule has 3 N–H and O–H groups in total. The predicted octanol–water partition coefficient (Wildman–Crippen LogP) is 3.02. The zero-order chi connectivity index (χ0) is 18.4. The Morgan fingerprint density at radius 2 is 1.72 bits per heavy atom. The average Bonchev–Trinajstić information content (AvgIpc) is 2.49. The average molecular weight is 346 g/mol. The summed E-state index contributed by atoms with van der Waals surface area (Å²) < 4.78 is 0. The van der Waals surface area contributed by atoms with E-state index in [9.17, 15) is 14.7 Å². The molecule has 1 saturated carbocycles. The number of aliphatic hydroxyl groups is 1. The van der Waals surface area contributed by atoms with Gasteiger partial charge in [-0.2, -0.15) is 0 Å². The summed E-state index contributed by atoms with van der Waals surface area (Å²) in [5, 5.41) is 15.7. The van der Waals surface area contributed by atoms with Crippen LogP contribution in [0.5, 0.6) is 0 Å². The van der Waals surface area contributed by atoms with Gasteiger partial charge in [-0.05, 0) is 36.0 Å². The third-order valence-corrected chi connectivity index (χ3v) is 4.37. The fourth-order valence-electron chi connectivity index (χ4n) is 3.12. The first-order chi connectivity index (χ1) is 11.7. The maximum Gasteiger partial charge on any atom is 0.224 e. The normalized spacial score (nSPS) is 20.8. The van der Waals surface area contributed by atoms with Crippen LogP contribution in [-0.4, -0.2) is 29.1 Å². The number of carbonyl (C=O) groups is 2. The smallest absolute Gasteiger partial charge is 0.224 e. The quantitative estimate of drug-likeness (QED) is 0.767. The van der Waals surface area contributed by atoms with E-state index >= 15 is 0 Å². The topological polar surface area (TPSA) is 78.4 Å². The van der Waals surface area contributed by atoms with E-state index < -0.39 is 6.10 Å². The minimum Gasteiger partial charge on any atom is -0.391 e. The number of amides is 2. The van der Waals surface area contributed by atoms with E-state index in [0.717, 1.165) is 36.9 Å². The van der Waals surface area contributed by atoms with Crippen LogP contribution in [0.2, 0.25) is 0 Å². The van der Waals surface area contributed by atoms with Gasteiger partial charge in [0.15, 0.2) is 0 Å². The Hall–Kier alpha value is -1.88. The highest BCUT2D eigenvalue weighted by Crippen LogP contribution is 2.20. The van der Waals surface area contributed by atoms with Crippen LogP contribution in [0.4, 0.5) is 5.69 Å². The number of carbonyl (C=O) groups excluding carboxylic acids is 2. The van der Waals surface area contributed by atoms with Crippen molar-refractivity contribution in [2.24, 2.45) is 5.41 Å². The Kier molecular flexibility index (Phi) is 6.59. The summed E-state index contributed by atoms with van der Waals surface area (Å²) in [5.74, 6) is -0.0836. The first-order valence-electron chi connectivity index (χ1n) is 9.09. The van der Waals surface area contributed by atoms with Crippen molar-refractivity contribution in [2.45, 2.75) is 71.4 Å². The zero-order valence-electron chi connectivity index (χ0n) is 15.5. The van der Waals surface area contributed by atoms with Gasteiger partial charge < -0.3 is 15.7 Å². The van der Waals surface area contributed by atoms with Crippen LogP contribution in [0.25, 0.3) is 0 Å². The van der Waals surface area contributed by atoms with Gasteiger partial charge in [0.1, 0.15) is 0 Å². The molecule has 138 valence electrons. The van der Waals surface area contributed by atoms with E-state index in [0.29, 0.717) is 6.42 Å². The van der Waals surface area contributed by atoms with Crippen LogP contribution in [0, 0.1) is 5.41 Å². The number of rotatable bonds is 5. The second kappa shape index (κ2) is 8.48. The molecule has 0 aliphatic heterocycles. The van der Waals surface area contributed by atoms with E-state index in [-0.39, 0.29) is 29.7 Å². The molecule has 0 aromatic heterocycles. The molecule has 25 heavy (non-hydrogen) atoms. The molecule has 0 bridgehead atoms. The number of aliphatic hydroxyl groups excluding tert-OH is 1. The lowest BCUT2D eigenvalue weighted by molar-refractivity contribution is -0.122. The van der Waals surface area contributed by atoms with Crippen molar-refractivity contribution in [1.82, 2.24) is 5.32 Å². The van der Waals surface area contributed by atoms with Crippen molar-refractivity contribution in [3.8, 4) is 0 Å². The Morgan fingerprint density at radius 3 is 2.32 bits per heavy atom. The van der Waals surface area contributed by atoms with Crippen LogP contribution < -0.4 is 10.6 Å². The molecule has 0 saturated heterocycles. The van der Waals surface area contributed by atoms with Crippen LogP contribution in [0.15, 0.2) is 24.3 Å². The van der Waals surface area contributed by atoms with Crippen LogP contribution >= 0.6 is 0 Å². The van der Waals surface area contributed by atoms with E-state index in [2.05, 4.69) is 10.6 Å². The summed E-state index contributed by atoms with van der Waals surface area (Å²) in [7, 11) is 0. The highest BCUT2D eigenvalue weighted by Gasteiger charge is 2.24. The Morgan fingerprint density at radius 1 is 1.08 bits per heavy atom. The molecular formula is C20H30N2O3. The number of nitrogens with one attached hydrogen (secondary N) is 2. The fourth-order valence-corrected chi connectivity index (χ4v) is 3.12.